The number of benzene rings is 2. The Balaban J connectivity index is 1.28. The lowest BCUT2D eigenvalue weighted by atomic mass is 9.84. The molecule has 0 spiro atoms. The van der Waals surface area contributed by atoms with E-state index in [9.17, 15) is 29.1 Å². The monoisotopic (exact) mass is 996 g/mol. The third-order valence-electron chi connectivity index (χ3n) is 14.0. The van der Waals surface area contributed by atoms with E-state index >= 15 is 9.59 Å². The molecular weight excluding hydrogens is 923 g/mol. The molecule has 0 radical (unpaired) electrons. The van der Waals surface area contributed by atoms with Crippen molar-refractivity contribution in [1.82, 2.24) is 41.0 Å². The smallest absolute Gasteiger partial charge is 0.275 e. The molecule has 3 aromatic rings. The molecule has 3 heterocycles. The van der Waals surface area contributed by atoms with E-state index in [2.05, 4.69) is 31.2 Å². The van der Waals surface area contributed by atoms with Crippen LogP contribution in [0.25, 0.3) is 0 Å². The fourth-order valence-corrected chi connectivity index (χ4v) is 10.2. The minimum atomic E-state index is -1.16. The van der Waals surface area contributed by atoms with E-state index in [0.29, 0.717) is 32.1 Å². The van der Waals surface area contributed by atoms with Crippen LogP contribution in [0.1, 0.15) is 136 Å². The topological polar surface area (TPSA) is 288 Å². The normalized spacial score (nSPS) is 19.4. The van der Waals surface area contributed by atoms with Gasteiger partial charge in [-0.1, -0.05) is 106 Å². The van der Waals surface area contributed by atoms with Crippen LogP contribution in [0.15, 0.2) is 70.3 Å². The number of fused-ring (bicyclic) bond motifs is 1. The van der Waals surface area contributed by atoms with Gasteiger partial charge >= 0.3 is 0 Å². The highest BCUT2D eigenvalue weighted by atomic mass is 16.3. The highest BCUT2D eigenvalue weighted by molar-refractivity contribution is 5.97. The van der Waals surface area contributed by atoms with Gasteiger partial charge < -0.3 is 57.0 Å². The number of aliphatic imine (C=N–C) groups is 1. The summed E-state index contributed by atoms with van der Waals surface area (Å²) in [5.41, 5.74) is 13.7. The van der Waals surface area contributed by atoms with Crippen LogP contribution in [-0.4, -0.2) is 136 Å². The van der Waals surface area contributed by atoms with Gasteiger partial charge in [0.1, 0.15) is 42.5 Å². The van der Waals surface area contributed by atoms with Crippen LogP contribution in [0, 0.1) is 5.92 Å². The Morgan fingerprint density at radius 3 is 2.15 bits per heavy atom. The molecule has 9 N–H and O–H groups in total. The third kappa shape index (κ3) is 14.2. The van der Waals surface area contributed by atoms with Crippen LogP contribution in [0.4, 0.5) is 0 Å². The summed E-state index contributed by atoms with van der Waals surface area (Å²) < 4.78 is 5.55. The van der Waals surface area contributed by atoms with Crippen molar-refractivity contribution in [1.29, 1.82) is 0 Å². The summed E-state index contributed by atoms with van der Waals surface area (Å²) in [7, 11) is 3.11. The SMILES string of the molecule is CCCC[C@H](NC(=O)[C@@H]1Cc2ccccc2CN1C(=O)[C@H](CCCN=C(N)N)NC(=O)[C@H](CC1CCCCC1)NC(C)=O)C(=O)N1CC[C@H](c2ccccc2)[C@H]1C(=O)N[C@@H](CO)c1nc(C(=O)N(C)C)co1. The zero-order chi connectivity index (χ0) is 51.9. The Morgan fingerprint density at radius 1 is 0.819 bits per heavy atom. The Labute approximate surface area is 421 Å². The number of aromatic nitrogens is 1. The molecule has 20 heteroatoms. The number of hydrogen-bond donors (Lipinski definition) is 7. The van der Waals surface area contributed by atoms with Crippen molar-refractivity contribution in [2.24, 2.45) is 22.4 Å². The predicted octanol–water partition coefficient (Wildman–Crippen LogP) is 2.55. The number of unbranched alkanes of at least 4 members (excludes halogenated alkanes) is 1. The van der Waals surface area contributed by atoms with E-state index in [-0.39, 0.29) is 68.3 Å². The van der Waals surface area contributed by atoms with Gasteiger partial charge in [0.2, 0.25) is 41.3 Å². The van der Waals surface area contributed by atoms with Crippen molar-refractivity contribution in [3.63, 3.8) is 0 Å². The van der Waals surface area contributed by atoms with Crippen LogP contribution in [0.2, 0.25) is 0 Å². The lowest BCUT2D eigenvalue weighted by Gasteiger charge is -2.39. The summed E-state index contributed by atoms with van der Waals surface area (Å²) in [6, 6.07) is 10.3. The first-order valence-corrected chi connectivity index (χ1v) is 25.3. The van der Waals surface area contributed by atoms with Crippen LogP contribution in [0.5, 0.6) is 0 Å². The number of amides is 7. The molecule has 1 saturated heterocycles. The van der Waals surface area contributed by atoms with Crippen molar-refractivity contribution in [2.45, 2.75) is 146 Å². The minimum absolute atomic E-state index is 0.0117. The Kier molecular flexibility index (Phi) is 19.7. The van der Waals surface area contributed by atoms with Crippen LogP contribution in [-0.2, 0) is 41.7 Å². The number of carbonyl (C=O) groups excluding carboxylic acids is 7. The number of oxazole rings is 1. The molecule has 7 atom stereocenters. The van der Waals surface area contributed by atoms with Crippen LogP contribution in [0.3, 0.4) is 0 Å². The van der Waals surface area contributed by atoms with Crippen molar-refractivity contribution in [3.8, 4) is 0 Å². The van der Waals surface area contributed by atoms with E-state index in [0.717, 1.165) is 55.1 Å². The second-order valence-corrected chi connectivity index (χ2v) is 19.5. The number of hydrogen-bond acceptors (Lipinski definition) is 11. The quantitative estimate of drug-likeness (QED) is 0.0435. The molecule has 7 amide bonds. The predicted molar refractivity (Wildman–Crippen MR) is 268 cm³/mol. The fourth-order valence-electron chi connectivity index (χ4n) is 10.2. The van der Waals surface area contributed by atoms with Gasteiger partial charge in [-0.05, 0) is 54.7 Å². The minimum Gasteiger partial charge on any atom is -0.446 e. The number of aliphatic hydroxyl groups is 1. The molecule has 1 aromatic heterocycles. The molecule has 0 unspecified atom stereocenters. The van der Waals surface area contributed by atoms with Crippen molar-refractivity contribution < 1.29 is 43.1 Å². The molecule has 6 rings (SSSR count). The summed E-state index contributed by atoms with van der Waals surface area (Å²) in [6.45, 7) is 3.07. The zero-order valence-electron chi connectivity index (χ0n) is 42.0. The Hall–Kier alpha value is -6.83. The third-order valence-corrected chi connectivity index (χ3v) is 14.0. The maximum Gasteiger partial charge on any atom is 0.275 e. The van der Waals surface area contributed by atoms with E-state index in [1.54, 1.807) is 14.1 Å². The summed E-state index contributed by atoms with van der Waals surface area (Å²) in [6.07, 6.45) is 9.05. The number of guanidine groups is 1. The number of nitrogens with one attached hydrogen (secondary N) is 4. The number of likely N-dealkylation sites (tertiary alicyclic amines) is 1. The standard InChI is InChI=1S/C52H73N11O9/c1-5-6-22-38(50(70)62-26-24-37(34-18-11-8-12-19-34)44(62)47(68)59-41(30-64)48-60-42(31-72-48)49(69)61(3)4)58-46(67)43-28-35-20-13-14-21-36(35)29-63(43)51(71)39(23-15-25-55-52(53)54)57-45(66)40(56-32(2)65)27-33-16-9-7-10-17-33/h8,11-14,18-21,31,33,37-41,43-44,64H,5-7,9-10,15-17,22-30H2,1-4H3,(H,56,65)(H,57,66)(H,58,67)(H,59,68)(H4,53,54,55)/t37-,38+,39+,40+,41+,43+,44+/m1/s1. The summed E-state index contributed by atoms with van der Waals surface area (Å²) in [5, 5.41) is 22.1. The Bertz CT molecular complexity index is 2380. The van der Waals surface area contributed by atoms with Gasteiger partial charge in [0.05, 0.1) is 6.61 Å². The van der Waals surface area contributed by atoms with Gasteiger partial charge in [-0.15, -0.1) is 0 Å². The van der Waals surface area contributed by atoms with Gasteiger partial charge in [0.25, 0.3) is 5.91 Å². The number of rotatable bonds is 22. The van der Waals surface area contributed by atoms with E-state index in [1.165, 1.54) is 21.6 Å². The Morgan fingerprint density at radius 2 is 1.49 bits per heavy atom. The second kappa shape index (κ2) is 26.0. The van der Waals surface area contributed by atoms with E-state index in [4.69, 9.17) is 15.9 Å². The van der Waals surface area contributed by atoms with Gasteiger partial charge in [0.15, 0.2) is 11.7 Å². The number of nitrogens with two attached hydrogens (primary N) is 2. The molecule has 2 aromatic carbocycles. The largest absolute Gasteiger partial charge is 0.446 e. The van der Waals surface area contributed by atoms with Gasteiger partial charge in [-0.3, -0.25) is 38.6 Å². The first-order valence-electron chi connectivity index (χ1n) is 25.3. The zero-order valence-corrected chi connectivity index (χ0v) is 42.0. The van der Waals surface area contributed by atoms with Gasteiger partial charge in [-0.25, -0.2) is 4.98 Å². The number of nitrogens with zero attached hydrogens (tertiary/aromatic N) is 5. The molecule has 390 valence electrons. The maximum atomic E-state index is 15.1. The summed E-state index contributed by atoms with van der Waals surface area (Å²) >= 11 is 0. The van der Waals surface area contributed by atoms with Gasteiger partial charge in [0, 0.05) is 53.0 Å². The molecule has 0 bridgehead atoms. The molecule has 3 aliphatic rings. The second-order valence-electron chi connectivity index (χ2n) is 19.5. The molecular formula is C52H73N11O9. The molecule has 20 nitrogen and oxygen atoms in total. The number of carbonyl (C=O) groups is 7. The average Bonchev–Trinajstić information content (AvgIpc) is 4.06. The first-order chi connectivity index (χ1) is 34.6. The van der Waals surface area contributed by atoms with Crippen molar-refractivity contribution in [3.05, 3.63) is 89.1 Å². The molecule has 2 fully saturated rings. The molecule has 1 aliphatic carbocycles. The van der Waals surface area contributed by atoms with Crippen LogP contribution >= 0.6 is 0 Å². The van der Waals surface area contributed by atoms with Crippen molar-refractivity contribution in [2.75, 3.05) is 33.8 Å². The average molecular weight is 996 g/mol. The van der Waals surface area contributed by atoms with E-state index < -0.39 is 84.2 Å². The summed E-state index contributed by atoms with van der Waals surface area (Å²) in [4.78, 5) is 111. The van der Waals surface area contributed by atoms with Crippen molar-refractivity contribution >= 4 is 47.3 Å². The highest BCUT2D eigenvalue weighted by Crippen LogP contribution is 2.35. The lowest BCUT2D eigenvalue weighted by Crippen LogP contribution is -2.61. The molecule has 2 aliphatic heterocycles. The fraction of sp³-hybridized carbons (Fsp3) is 0.558. The summed E-state index contributed by atoms with van der Waals surface area (Å²) in [5.74, 6) is -3.97. The highest BCUT2D eigenvalue weighted by Gasteiger charge is 2.46. The lowest BCUT2D eigenvalue weighted by molar-refractivity contribution is -0.147. The van der Waals surface area contributed by atoms with Gasteiger partial charge in [-0.2, -0.15) is 0 Å². The number of aliphatic hydroxyl groups excluding tert-OH is 1. The maximum absolute atomic E-state index is 15.1. The van der Waals surface area contributed by atoms with Crippen LogP contribution < -0.4 is 32.7 Å². The molecule has 72 heavy (non-hydrogen) atoms. The van der Waals surface area contributed by atoms with E-state index in [1.807, 2.05) is 61.5 Å². The molecule has 1 saturated carbocycles. The first kappa shape index (κ1) is 54.5.